The van der Waals surface area contributed by atoms with Gasteiger partial charge in [-0.1, -0.05) is 24.3 Å². The molecule has 2 aromatic carbocycles. The van der Waals surface area contributed by atoms with Crippen molar-refractivity contribution in [1.29, 1.82) is 0 Å². The molecule has 0 saturated carbocycles. The second-order valence-electron chi connectivity index (χ2n) is 6.33. The normalized spacial score (nSPS) is 13.1. The van der Waals surface area contributed by atoms with Crippen molar-refractivity contribution in [2.75, 3.05) is 19.2 Å². The summed E-state index contributed by atoms with van der Waals surface area (Å²) in [5.41, 5.74) is 1.24. The average Bonchev–Trinajstić information content (AvgIpc) is 3.31. The Hall–Kier alpha value is -2.78. The molecule has 1 aliphatic rings. The molecule has 0 fully saturated rings. The number of ether oxygens (including phenoxy) is 3. The van der Waals surface area contributed by atoms with Gasteiger partial charge in [0.15, 0.2) is 16.3 Å². The fraction of sp³-hybridized carbons (Fsp3) is 0.286. The standard InChI is InChI=1S/C21H20N2O5S2/c1-3-26-19(24)11-23-15-9-16-17(28-12-27-16)10-18(15)30-21(23)22-20(25)13-6-5-7-14(8-13)29-4-2/h5-10H,3-4,11-12H2,1-2H3. The molecule has 2 heterocycles. The maximum Gasteiger partial charge on any atom is 0.326 e. The minimum absolute atomic E-state index is 0.0503. The molecule has 156 valence electrons. The molecule has 0 radical (unpaired) electrons. The molecule has 30 heavy (non-hydrogen) atoms. The lowest BCUT2D eigenvalue weighted by Crippen LogP contribution is -2.23. The molecule has 0 unspecified atom stereocenters. The number of amides is 1. The lowest BCUT2D eigenvalue weighted by Gasteiger charge is -2.06. The number of thioether (sulfide) groups is 1. The van der Waals surface area contributed by atoms with Gasteiger partial charge >= 0.3 is 5.97 Å². The Balaban J connectivity index is 1.79. The van der Waals surface area contributed by atoms with Crippen molar-refractivity contribution in [2.45, 2.75) is 25.3 Å². The first kappa shape index (κ1) is 20.5. The van der Waals surface area contributed by atoms with Crippen LogP contribution in [0.5, 0.6) is 11.5 Å². The maximum absolute atomic E-state index is 12.9. The third kappa shape index (κ3) is 4.22. The first-order chi connectivity index (χ1) is 14.6. The quantitative estimate of drug-likeness (QED) is 0.425. The second-order valence-corrected chi connectivity index (χ2v) is 8.67. The van der Waals surface area contributed by atoms with E-state index in [1.54, 1.807) is 35.4 Å². The molecule has 1 aliphatic heterocycles. The van der Waals surface area contributed by atoms with E-state index >= 15 is 0 Å². The Morgan fingerprint density at radius 1 is 1.20 bits per heavy atom. The summed E-state index contributed by atoms with van der Waals surface area (Å²) >= 11 is 2.98. The summed E-state index contributed by atoms with van der Waals surface area (Å²) in [5, 5.41) is 0. The Bertz CT molecular complexity index is 1180. The van der Waals surface area contributed by atoms with Crippen molar-refractivity contribution < 1.29 is 23.8 Å². The van der Waals surface area contributed by atoms with Gasteiger partial charge in [0.05, 0.1) is 16.8 Å². The molecular weight excluding hydrogens is 424 g/mol. The molecule has 4 rings (SSSR count). The SMILES string of the molecule is CCOC(=O)Cn1c(=NC(=O)c2cccc(SCC)c2)sc2cc3c(cc21)OCO3. The van der Waals surface area contributed by atoms with Crippen LogP contribution in [0.3, 0.4) is 0 Å². The maximum atomic E-state index is 12.9. The van der Waals surface area contributed by atoms with Gasteiger partial charge in [0.2, 0.25) is 6.79 Å². The molecule has 0 spiro atoms. The molecule has 1 aromatic heterocycles. The first-order valence-corrected chi connectivity index (χ1v) is 11.3. The van der Waals surface area contributed by atoms with Gasteiger partial charge in [-0.3, -0.25) is 9.59 Å². The Kier molecular flexibility index (Phi) is 6.10. The highest BCUT2D eigenvalue weighted by atomic mass is 32.2. The predicted octanol–water partition coefficient (Wildman–Crippen LogP) is 3.85. The van der Waals surface area contributed by atoms with Gasteiger partial charge in [0.1, 0.15) is 6.54 Å². The van der Waals surface area contributed by atoms with Crippen LogP contribution >= 0.6 is 23.1 Å². The van der Waals surface area contributed by atoms with Crippen LogP contribution in [0.15, 0.2) is 46.3 Å². The van der Waals surface area contributed by atoms with Crippen molar-refractivity contribution in [3.63, 3.8) is 0 Å². The summed E-state index contributed by atoms with van der Waals surface area (Å²) < 4.78 is 18.5. The number of benzene rings is 2. The van der Waals surface area contributed by atoms with Gasteiger partial charge < -0.3 is 18.8 Å². The summed E-state index contributed by atoms with van der Waals surface area (Å²) in [6.45, 7) is 4.20. The van der Waals surface area contributed by atoms with Crippen molar-refractivity contribution in [1.82, 2.24) is 4.57 Å². The minimum Gasteiger partial charge on any atom is -0.465 e. The molecule has 1 amide bonds. The number of thiazole rings is 1. The Morgan fingerprint density at radius 2 is 2.00 bits per heavy atom. The zero-order valence-electron chi connectivity index (χ0n) is 16.5. The second kappa shape index (κ2) is 8.93. The molecule has 0 atom stereocenters. The Labute approximate surface area is 181 Å². The van der Waals surface area contributed by atoms with Crippen LogP contribution in [0.1, 0.15) is 24.2 Å². The third-order valence-corrected chi connectivity index (χ3v) is 6.28. The third-order valence-electron chi connectivity index (χ3n) is 4.36. The van der Waals surface area contributed by atoms with Gasteiger partial charge in [-0.15, -0.1) is 11.8 Å². The van der Waals surface area contributed by atoms with Crippen LogP contribution in [0.4, 0.5) is 0 Å². The highest BCUT2D eigenvalue weighted by Gasteiger charge is 2.19. The van der Waals surface area contributed by atoms with Crippen LogP contribution in [0.25, 0.3) is 10.2 Å². The number of hydrogen-bond donors (Lipinski definition) is 0. The molecule has 3 aromatic rings. The van der Waals surface area contributed by atoms with Crippen LogP contribution < -0.4 is 14.3 Å². The number of esters is 1. The first-order valence-electron chi connectivity index (χ1n) is 9.49. The van der Waals surface area contributed by atoms with Gasteiger partial charge in [-0.05, 0) is 30.9 Å². The fourth-order valence-electron chi connectivity index (χ4n) is 3.07. The number of carbonyl (C=O) groups is 2. The summed E-state index contributed by atoms with van der Waals surface area (Å²) in [7, 11) is 0. The summed E-state index contributed by atoms with van der Waals surface area (Å²) in [6, 6.07) is 11.0. The van der Waals surface area contributed by atoms with E-state index in [0.717, 1.165) is 20.9 Å². The zero-order chi connectivity index (χ0) is 21.1. The summed E-state index contributed by atoms with van der Waals surface area (Å²) in [6.07, 6.45) is 0. The van der Waals surface area contributed by atoms with E-state index in [-0.39, 0.29) is 25.9 Å². The Morgan fingerprint density at radius 3 is 2.77 bits per heavy atom. The van der Waals surface area contributed by atoms with Gasteiger partial charge in [0.25, 0.3) is 5.91 Å². The number of nitrogens with zero attached hydrogens (tertiary/aromatic N) is 2. The number of hydrogen-bond acceptors (Lipinski definition) is 7. The van der Waals surface area contributed by atoms with Gasteiger partial charge in [-0.25, -0.2) is 0 Å². The molecule has 9 heteroatoms. The topological polar surface area (TPSA) is 79.1 Å². The predicted molar refractivity (Wildman–Crippen MR) is 115 cm³/mol. The van der Waals surface area contributed by atoms with E-state index in [9.17, 15) is 9.59 Å². The highest BCUT2D eigenvalue weighted by Crippen LogP contribution is 2.37. The molecule has 0 saturated heterocycles. The molecular formula is C21H20N2O5S2. The minimum atomic E-state index is -0.398. The molecule has 0 N–H and O–H groups in total. The number of fused-ring (bicyclic) bond motifs is 2. The van der Waals surface area contributed by atoms with Crippen molar-refractivity contribution >= 4 is 45.2 Å². The van der Waals surface area contributed by atoms with Crippen LogP contribution in [-0.2, 0) is 16.1 Å². The van der Waals surface area contributed by atoms with E-state index in [1.165, 1.54) is 11.3 Å². The molecule has 0 aliphatic carbocycles. The van der Waals surface area contributed by atoms with Crippen molar-refractivity contribution in [3.8, 4) is 11.5 Å². The van der Waals surface area contributed by atoms with E-state index in [0.29, 0.717) is 21.9 Å². The van der Waals surface area contributed by atoms with Gasteiger partial charge in [0, 0.05) is 22.6 Å². The van der Waals surface area contributed by atoms with Crippen LogP contribution in [0, 0.1) is 0 Å². The summed E-state index contributed by atoms with van der Waals surface area (Å²) in [5.74, 6) is 1.39. The number of rotatable bonds is 6. The summed E-state index contributed by atoms with van der Waals surface area (Å²) in [4.78, 5) is 30.8. The zero-order valence-corrected chi connectivity index (χ0v) is 18.2. The van der Waals surface area contributed by atoms with E-state index < -0.39 is 5.97 Å². The number of aromatic nitrogens is 1. The molecule has 7 nitrogen and oxygen atoms in total. The largest absolute Gasteiger partial charge is 0.465 e. The highest BCUT2D eigenvalue weighted by molar-refractivity contribution is 7.99. The van der Waals surface area contributed by atoms with Crippen LogP contribution in [-0.4, -0.2) is 35.6 Å². The smallest absolute Gasteiger partial charge is 0.326 e. The van der Waals surface area contributed by atoms with Crippen LogP contribution in [0.2, 0.25) is 0 Å². The van der Waals surface area contributed by atoms with E-state index in [4.69, 9.17) is 14.2 Å². The van der Waals surface area contributed by atoms with Crippen molar-refractivity contribution in [3.05, 3.63) is 46.8 Å². The molecule has 0 bridgehead atoms. The van der Waals surface area contributed by atoms with E-state index in [2.05, 4.69) is 11.9 Å². The lowest BCUT2D eigenvalue weighted by molar-refractivity contribution is -0.143. The van der Waals surface area contributed by atoms with Gasteiger partial charge in [-0.2, -0.15) is 4.99 Å². The monoisotopic (exact) mass is 444 g/mol. The lowest BCUT2D eigenvalue weighted by atomic mass is 10.2. The average molecular weight is 445 g/mol. The fourth-order valence-corrected chi connectivity index (χ4v) is 4.83. The van der Waals surface area contributed by atoms with E-state index in [1.807, 2.05) is 24.3 Å². The number of carbonyl (C=O) groups excluding carboxylic acids is 2. The van der Waals surface area contributed by atoms with Crippen molar-refractivity contribution in [2.24, 2.45) is 4.99 Å².